The SMILES string of the molecule is Cc1ccn(C(CC(N)=NO)c2ccccc2)n1. The fraction of sp³-hybridized carbons (Fsp3) is 0.231. The zero-order valence-corrected chi connectivity index (χ0v) is 10.2. The molecule has 0 aliphatic heterocycles. The Morgan fingerprint density at radius 3 is 2.67 bits per heavy atom. The van der Waals surface area contributed by atoms with Gasteiger partial charge >= 0.3 is 0 Å². The van der Waals surface area contributed by atoms with Gasteiger partial charge in [-0.15, -0.1) is 0 Å². The lowest BCUT2D eigenvalue weighted by Gasteiger charge is -2.17. The number of hydrogen-bond acceptors (Lipinski definition) is 3. The monoisotopic (exact) mass is 244 g/mol. The van der Waals surface area contributed by atoms with Gasteiger partial charge in [-0.3, -0.25) is 4.68 Å². The molecule has 0 spiro atoms. The van der Waals surface area contributed by atoms with Gasteiger partial charge in [-0.05, 0) is 18.6 Å². The Balaban J connectivity index is 2.35. The second kappa shape index (κ2) is 5.35. The van der Waals surface area contributed by atoms with Crippen molar-refractivity contribution < 1.29 is 5.21 Å². The fourth-order valence-corrected chi connectivity index (χ4v) is 1.88. The highest BCUT2D eigenvalue weighted by molar-refractivity contribution is 5.80. The number of rotatable bonds is 4. The van der Waals surface area contributed by atoms with Gasteiger partial charge in [-0.2, -0.15) is 5.10 Å². The summed E-state index contributed by atoms with van der Waals surface area (Å²) in [5.41, 5.74) is 7.63. The van der Waals surface area contributed by atoms with Gasteiger partial charge in [0.05, 0.1) is 11.7 Å². The molecule has 5 heteroatoms. The summed E-state index contributed by atoms with van der Waals surface area (Å²) < 4.78 is 1.84. The van der Waals surface area contributed by atoms with Crippen molar-refractivity contribution in [2.24, 2.45) is 10.9 Å². The van der Waals surface area contributed by atoms with Crippen LogP contribution in [0, 0.1) is 6.92 Å². The van der Waals surface area contributed by atoms with Crippen LogP contribution in [0.15, 0.2) is 47.8 Å². The third kappa shape index (κ3) is 2.68. The van der Waals surface area contributed by atoms with Crippen molar-refractivity contribution in [3.05, 3.63) is 53.9 Å². The largest absolute Gasteiger partial charge is 0.409 e. The van der Waals surface area contributed by atoms with E-state index in [2.05, 4.69) is 10.3 Å². The lowest BCUT2D eigenvalue weighted by Crippen LogP contribution is -2.21. The number of nitrogens with zero attached hydrogens (tertiary/aromatic N) is 3. The summed E-state index contributed by atoms with van der Waals surface area (Å²) in [6.45, 7) is 1.93. The molecule has 0 bridgehead atoms. The van der Waals surface area contributed by atoms with Crippen LogP contribution in [0.5, 0.6) is 0 Å². The van der Waals surface area contributed by atoms with E-state index in [4.69, 9.17) is 10.9 Å². The smallest absolute Gasteiger partial charge is 0.141 e. The second-order valence-electron chi connectivity index (χ2n) is 4.16. The van der Waals surface area contributed by atoms with E-state index >= 15 is 0 Å². The van der Waals surface area contributed by atoms with E-state index in [9.17, 15) is 0 Å². The minimum Gasteiger partial charge on any atom is -0.409 e. The molecule has 0 fully saturated rings. The quantitative estimate of drug-likeness (QED) is 0.373. The second-order valence-corrected chi connectivity index (χ2v) is 4.16. The molecule has 0 amide bonds. The first-order valence-electron chi connectivity index (χ1n) is 5.74. The first kappa shape index (κ1) is 12.2. The maximum atomic E-state index is 8.72. The maximum Gasteiger partial charge on any atom is 0.141 e. The summed E-state index contributed by atoms with van der Waals surface area (Å²) in [6.07, 6.45) is 2.32. The number of oxime groups is 1. The summed E-state index contributed by atoms with van der Waals surface area (Å²) >= 11 is 0. The van der Waals surface area contributed by atoms with E-state index in [1.54, 1.807) is 0 Å². The predicted molar refractivity (Wildman–Crippen MR) is 69.6 cm³/mol. The Morgan fingerprint density at radius 1 is 1.39 bits per heavy atom. The Morgan fingerprint density at radius 2 is 2.11 bits per heavy atom. The maximum absolute atomic E-state index is 8.72. The molecule has 0 saturated heterocycles. The van der Waals surface area contributed by atoms with Crippen LogP contribution in [0.3, 0.4) is 0 Å². The van der Waals surface area contributed by atoms with Crippen LogP contribution in [0.2, 0.25) is 0 Å². The molecule has 0 aliphatic rings. The number of hydrogen-bond donors (Lipinski definition) is 2. The van der Waals surface area contributed by atoms with E-state index in [1.807, 2.05) is 54.2 Å². The Hall–Kier alpha value is -2.30. The predicted octanol–water partition coefficient (Wildman–Crippen LogP) is 1.92. The average Bonchev–Trinajstić information content (AvgIpc) is 2.83. The molecular weight excluding hydrogens is 228 g/mol. The summed E-state index contributed by atoms with van der Waals surface area (Å²) in [4.78, 5) is 0. The molecule has 5 nitrogen and oxygen atoms in total. The van der Waals surface area contributed by atoms with Crippen LogP contribution in [0.1, 0.15) is 23.7 Å². The molecule has 1 aromatic heterocycles. The Kier molecular flexibility index (Phi) is 3.62. The number of aromatic nitrogens is 2. The van der Waals surface area contributed by atoms with Crippen LogP contribution in [-0.4, -0.2) is 20.8 Å². The molecule has 18 heavy (non-hydrogen) atoms. The van der Waals surface area contributed by atoms with E-state index in [0.717, 1.165) is 11.3 Å². The lowest BCUT2D eigenvalue weighted by molar-refractivity contribution is 0.315. The van der Waals surface area contributed by atoms with E-state index in [0.29, 0.717) is 6.42 Å². The summed E-state index contributed by atoms with van der Waals surface area (Å²) in [5.74, 6) is 0.192. The standard InChI is InChI=1S/C13H16N4O/c1-10-7-8-17(15-10)12(9-13(14)16-18)11-5-3-2-4-6-11/h2-8,12,18H,9H2,1H3,(H2,14,16). The minimum atomic E-state index is -0.0594. The summed E-state index contributed by atoms with van der Waals surface area (Å²) in [5, 5.41) is 16.2. The molecule has 1 aromatic carbocycles. The van der Waals surface area contributed by atoms with Crippen LogP contribution in [0.25, 0.3) is 0 Å². The number of benzene rings is 1. The average molecular weight is 244 g/mol. The first-order valence-corrected chi connectivity index (χ1v) is 5.74. The Labute approximate surface area is 106 Å². The zero-order valence-electron chi connectivity index (χ0n) is 10.2. The fourth-order valence-electron chi connectivity index (χ4n) is 1.88. The molecule has 2 rings (SSSR count). The van der Waals surface area contributed by atoms with Crippen molar-refractivity contribution in [2.75, 3.05) is 0 Å². The number of nitrogens with two attached hydrogens (primary N) is 1. The minimum absolute atomic E-state index is 0.0594. The van der Waals surface area contributed by atoms with Crippen molar-refractivity contribution in [2.45, 2.75) is 19.4 Å². The lowest BCUT2D eigenvalue weighted by atomic mass is 10.0. The van der Waals surface area contributed by atoms with Crippen molar-refractivity contribution >= 4 is 5.84 Å². The van der Waals surface area contributed by atoms with Gasteiger partial charge in [0, 0.05) is 12.6 Å². The topological polar surface area (TPSA) is 76.4 Å². The van der Waals surface area contributed by atoms with Crippen LogP contribution < -0.4 is 5.73 Å². The Bertz CT molecular complexity index is 533. The van der Waals surface area contributed by atoms with E-state index < -0.39 is 0 Å². The molecule has 1 unspecified atom stereocenters. The molecule has 94 valence electrons. The molecule has 0 saturated carbocycles. The van der Waals surface area contributed by atoms with Crippen LogP contribution in [0.4, 0.5) is 0 Å². The van der Waals surface area contributed by atoms with Crippen LogP contribution >= 0.6 is 0 Å². The summed E-state index contributed by atoms with van der Waals surface area (Å²) in [7, 11) is 0. The van der Waals surface area contributed by atoms with Crippen molar-refractivity contribution in [1.29, 1.82) is 0 Å². The molecular formula is C13H16N4O. The van der Waals surface area contributed by atoms with Gasteiger partial charge in [0.15, 0.2) is 0 Å². The molecule has 1 atom stereocenters. The number of aryl methyl sites for hydroxylation is 1. The third-order valence-corrected chi connectivity index (χ3v) is 2.78. The van der Waals surface area contributed by atoms with Gasteiger partial charge in [0.25, 0.3) is 0 Å². The number of amidine groups is 1. The highest BCUT2D eigenvalue weighted by Gasteiger charge is 2.16. The molecule has 1 heterocycles. The van der Waals surface area contributed by atoms with Crippen molar-refractivity contribution in [3.63, 3.8) is 0 Å². The van der Waals surface area contributed by atoms with Gasteiger partial charge in [-0.1, -0.05) is 35.5 Å². The highest BCUT2D eigenvalue weighted by atomic mass is 16.4. The molecule has 0 radical (unpaired) electrons. The molecule has 0 aliphatic carbocycles. The van der Waals surface area contributed by atoms with Gasteiger partial charge in [0.1, 0.15) is 5.84 Å². The first-order chi connectivity index (χ1) is 8.70. The normalized spacial score (nSPS) is 13.5. The third-order valence-electron chi connectivity index (χ3n) is 2.78. The summed E-state index contributed by atoms with van der Waals surface area (Å²) in [6, 6.07) is 11.8. The molecule has 3 N–H and O–H groups in total. The van der Waals surface area contributed by atoms with Gasteiger partial charge < -0.3 is 10.9 Å². The van der Waals surface area contributed by atoms with Gasteiger partial charge in [-0.25, -0.2) is 0 Å². The van der Waals surface area contributed by atoms with Crippen molar-refractivity contribution in [3.8, 4) is 0 Å². The van der Waals surface area contributed by atoms with Crippen LogP contribution in [-0.2, 0) is 0 Å². The van der Waals surface area contributed by atoms with E-state index in [-0.39, 0.29) is 11.9 Å². The molecule has 2 aromatic rings. The highest BCUT2D eigenvalue weighted by Crippen LogP contribution is 2.21. The van der Waals surface area contributed by atoms with E-state index in [1.165, 1.54) is 0 Å². The zero-order chi connectivity index (χ0) is 13.0. The van der Waals surface area contributed by atoms with Gasteiger partial charge in [0.2, 0.25) is 0 Å². The van der Waals surface area contributed by atoms with Crippen molar-refractivity contribution in [1.82, 2.24) is 9.78 Å².